The highest BCUT2D eigenvalue weighted by Crippen LogP contribution is 2.27. The third kappa shape index (κ3) is 7.49. The molecule has 2 amide bonds. The number of nitro groups is 1. The van der Waals surface area contributed by atoms with Crippen molar-refractivity contribution in [3.63, 3.8) is 0 Å². The number of carbonyl (C=O) groups is 2. The number of rotatable bonds is 12. The maximum atomic E-state index is 13.9. The zero-order chi connectivity index (χ0) is 29.4. The Balaban J connectivity index is 1.67. The van der Waals surface area contributed by atoms with Gasteiger partial charge in [-0.25, -0.2) is 8.42 Å². The Morgan fingerprint density at radius 1 is 0.976 bits per heavy atom. The topological polar surface area (TPSA) is 130 Å². The van der Waals surface area contributed by atoms with Crippen molar-refractivity contribution in [2.75, 3.05) is 17.4 Å². The first-order valence-corrected chi connectivity index (χ1v) is 15.1. The molecule has 0 heterocycles. The van der Waals surface area contributed by atoms with Crippen LogP contribution in [0, 0.1) is 10.1 Å². The first kappa shape index (κ1) is 29.7. The van der Waals surface area contributed by atoms with E-state index in [2.05, 4.69) is 5.32 Å². The number of benzene rings is 3. The molecule has 1 saturated carbocycles. The summed E-state index contributed by atoms with van der Waals surface area (Å²) < 4.78 is 28.5. The summed E-state index contributed by atoms with van der Waals surface area (Å²) in [6.07, 6.45) is 4.28. The molecule has 0 aromatic heterocycles. The van der Waals surface area contributed by atoms with Crippen molar-refractivity contribution in [2.45, 2.75) is 56.0 Å². The highest BCUT2D eigenvalue weighted by molar-refractivity contribution is 7.92. The highest BCUT2D eigenvalue weighted by Gasteiger charge is 2.33. The van der Waals surface area contributed by atoms with Crippen molar-refractivity contribution in [2.24, 2.45) is 0 Å². The van der Waals surface area contributed by atoms with E-state index in [4.69, 9.17) is 0 Å². The van der Waals surface area contributed by atoms with Crippen LogP contribution in [-0.2, 0) is 26.0 Å². The number of nitrogens with one attached hydrogen (secondary N) is 1. The Morgan fingerprint density at radius 3 is 2.24 bits per heavy atom. The van der Waals surface area contributed by atoms with Crippen LogP contribution in [0.4, 0.5) is 11.4 Å². The van der Waals surface area contributed by atoms with Crippen LogP contribution >= 0.6 is 0 Å². The fourth-order valence-corrected chi connectivity index (χ4v) is 6.40. The Bertz CT molecular complexity index is 1460. The van der Waals surface area contributed by atoms with Crippen molar-refractivity contribution in [1.29, 1.82) is 0 Å². The van der Waals surface area contributed by atoms with E-state index in [1.165, 1.54) is 35.2 Å². The Morgan fingerprint density at radius 2 is 1.61 bits per heavy atom. The van der Waals surface area contributed by atoms with Crippen LogP contribution in [0.25, 0.3) is 0 Å². The first-order chi connectivity index (χ1) is 19.7. The summed E-state index contributed by atoms with van der Waals surface area (Å²) in [6, 6.07) is 21.4. The number of nitrogens with zero attached hydrogens (tertiary/aromatic N) is 3. The summed E-state index contributed by atoms with van der Waals surface area (Å²) in [5, 5.41) is 14.5. The molecule has 0 saturated heterocycles. The monoisotopic (exact) mass is 578 g/mol. The number of amides is 2. The van der Waals surface area contributed by atoms with E-state index in [0.717, 1.165) is 41.6 Å². The predicted octanol–water partition coefficient (Wildman–Crippen LogP) is 4.31. The van der Waals surface area contributed by atoms with Crippen LogP contribution < -0.4 is 9.62 Å². The third-order valence-electron chi connectivity index (χ3n) is 7.29. The largest absolute Gasteiger partial charge is 0.352 e. The van der Waals surface area contributed by atoms with E-state index in [-0.39, 0.29) is 34.8 Å². The SMILES string of the molecule is C[C@H](C(=O)NC1CCCC1)N(CCc1ccccc1)C(=O)CN(c1cccc([N+](=O)[O-])c1)S(=O)(=O)c1ccccc1. The fraction of sp³-hybridized carbons (Fsp3) is 0.333. The van der Waals surface area contributed by atoms with Crippen LogP contribution in [-0.4, -0.2) is 55.2 Å². The van der Waals surface area contributed by atoms with Gasteiger partial charge in [-0.1, -0.05) is 67.4 Å². The maximum absolute atomic E-state index is 13.9. The number of hydrogen-bond donors (Lipinski definition) is 1. The van der Waals surface area contributed by atoms with Gasteiger partial charge in [-0.15, -0.1) is 0 Å². The summed E-state index contributed by atoms with van der Waals surface area (Å²) >= 11 is 0. The van der Waals surface area contributed by atoms with Gasteiger partial charge in [0.25, 0.3) is 15.7 Å². The normalized spacial score (nSPS) is 14.3. The van der Waals surface area contributed by atoms with Crippen LogP contribution in [0.15, 0.2) is 89.8 Å². The number of hydrogen-bond acceptors (Lipinski definition) is 6. The highest BCUT2D eigenvalue weighted by atomic mass is 32.2. The quantitative estimate of drug-likeness (QED) is 0.252. The summed E-state index contributed by atoms with van der Waals surface area (Å²) in [4.78, 5) is 39.3. The zero-order valence-corrected chi connectivity index (χ0v) is 23.7. The summed E-state index contributed by atoms with van der Waals surface area (Å²) in [7, 11) is -4.29. The molecule has 216 valence electrons. The first-order valence-electron chi connectivity index (χ1n) is 13.6. The second-order valence-electron chi connectivity index (χ2n) is 10.1. The van der Waals surface area contributed by atoms with Gasteiger partial charge in [-0.05, 0) is 49.9 Å². The standard InChI is InChI=1S/C30H34N4O6S/c1-23(30(36)31-25-13-8-9-14-25)32(20-19-24-11-4-2-5-12-24)29(35)22-33(26-15-10-16-27(21-26)34(37)38)41(39,40)28-17-6-3-7-18-28/h2-7,10-12,15-18,21,23,25H,8-9,13-14,19-20,22H2,1H3,(H,31,36)/t23-/m1/s1. The second kappa shape index (κ2) is 13.4. The third-order valence-corrected chi connectivity index (χ3v) is 9.08. The van der Waals surface area contributed by atoms with Crippen molar-refractivity contribution < 1.29 is 22.9 Å². The molecule has 1 aliphatic rings. The van der Waals surface area contributed by atoms with Crippen molar-refractivity contribution in [3.8, 4) is 0 Å². The van der Waals surface area contributed by atoms with Gasteiger partial charge in [0.15, 0.2) is 0 Å². The molecule has 10 nitrogen and oxygen atoms in total. The molecule has 1 aliphatic carbocycles. The summed E-state index contributed by atoms with van der Waals surface area (Å²) in [5.41, 5.74) is 0.622. The van der Waals surface area contributed by atoms with E-state index >= 15 is 0 Å². The summed E-state index contributed by atoms with van der Waals surface area (Å²) in [6.45, 7) is 1.17. The Hall–Kier alpha value is -4.25. The van der Waals surface area contributed by atoms with Gasteiger partial charge in [0, 0.05) is 24.7 Å². The van der Waals surface area contributed by atoms with Gasteiger partial charge in [0.05, 0.1) is 15.5 Å². The number of carbonyl (C=O) groups excluding carboxylic acids is 2. The minimum atomic E-state index is -4.29. The Kier molecular flexibility index (Phi) is 9.72. The predicted molar refractivity (Wildman–Crippen MR) is 156 cm³/mol. The summed E-state index contributed by atoms with van der Waals surface area (Å²) in [5.74, 6) is -0.896. The van der Waals surface area contributed by atoms with Gasteiger partial charge < -0.3 is 10.2 Å². The number of sulfonamides is 1. The second-order valence-corrected chi connectivity index (χ2v) is 12.0. The average molecular weight is 579 g/mol. The van der Waals surface area contributed by atoms with Gasteiger partial charge in [0.2, 0.25) is 11.8 Å². The minimum absolute atomic E-state index is 0.0255. The maximum Gasteiger partial charge on any atom is 0.271 e. The van der Waals surface area contributed by atoms with Gasteiger partial charge in [0.1, 0.15) is 12.6 Å². The molecule has 0 unspecified atom stereocenters. The average Bonchev–Trinajstić information content (AvgIpc) is 3.50. The number of anilines is 1. The zero-order valence-electron chi connectivity index (χ0n) is 22.9. The molecule has 4 rings (SSSR count). The van der Waals surface area contributed by atoms with Crippen LogP contribution in [0.2, 0.25) is 0 Å². The van der Waals surface area contributed by atoms with E-state index in [0.29, 0.717) is 6.42 Å². The van der Waals surface area contributed by atoms with Crippen molar-refractivity contribution in [1.82, 2.24) is 10.2 Å². The molecule has 1 fully saturated rings. The van der Waals surface area contributed by atoms with Gasteiger partial charge >= 0.3 is 0 Å². The van der Waals surface area contributed by atoms with E-state index in [1.54, 1.807) is 25.1 Å². The molecule has 11 heteroatoms. The molecule has 3 aromatic carbocycles. The van der Waals surface area contributed by atoms with Crippen LogP contribution in [0.5, 0.6) is 0 Å². The van der Waals surface area contributed by atoms with E-state index in [9.17, 15) is 28.1 Å². The van der Waals surface area contributed by atoms with Crippen LogP contribution in [0.1, 0.15) is 38.2 Å². The molecule has 41 heavy (non-hydrogen) atoms. The molecular weight excluding hydrogens is 544 g/mol. The number of nitro benzene ring substituents is 1. The molecule has 0 aliphatic heterocycles. The smallest absolute Gasteiger partial charge is 0.271 e. The fourth-order valence-electron chi connectivity index (χ4n) is 4.97. The lowest BCUT2D eigenvalue weighted by molar-refractivity contribution is -0.384. The van der Waals surface area contributed by atoms with Crippen molar-refractivity contribution >= 4 is 33.2 Å². The van der Waals surface area contributed by atoms with E-state index < -0.39 is 33.4 Å². The lowest BCUT2D eigenvalue weighted by atomic mass is 10.1. The lowest BCUT2D eigenvalue weighted by Crippen LogP contribution is -2.53. The molecule has 1 atom stereocenters. The van der Waals surface area contributed by atoms with Gasteiger partial charge in [-0.2, -0.15) is 0 Å². The Labute approximate surface area is 240 Å². The van der Waals surface area contributed by atoms with E-state index in [1.807, 2.05) is 30.3 Å². The van der Waals surface area contributed by atoms with Crippen molar-refractivity contribution in [3.05, 3.63) is 101 Å². The molecule has 3 aromatic rings. The molecule has 0 radical (unpaired) electrons. The molecular formula is C30H34N4O6S. The minimum Gasteiger partial charge on any atom is -0.352 e. The number of non-ortho nitro benzene ring substituents is 1. The molecule has 0 spiro atoms. The molecule has 1 N–H and O–H groups in total. The van der Waals surface area contributed by atoms with Crippen LogP contribution in [0.3, 0.4) is 0 Å². The molecule has 0 bridgehead atoms. The lowest BCUT2D eigenvalue weighted by Gasteiger charge is -2.32. The van der Waals surface area contributed by atoms with Gasteiger partial charge in [-0.3, -0.25) is 24.0 Å².